The van der Waals surface area contributed by atoms with Gasteiger partial charge in [-0.3, -0.25) is 4.57 Å². The number of likely N-dealkylation sites (tertiary alicyclic amines) is 1. The van der Waals surface area contributed by atoms with Gasteiger partial charge in [0.25, 0.3) is 0 Å². The first kappa shape index (κ1) is 20.4. The third-order valence-electron chi connectivity index (χ3n) is 7.21. The molecule has 1 fully saturated rings. The quantitative estimate of drug-likeness (QED) is 0.428. The van der Waals surface area contributed by atoms with Crippen LogP contribution in [0.15, 0.2) is 65.5 Å². The average molecular weight is 487 g/mol. The number of nitrogens with one attached hydrogen (secondary N) is 1. The van der Waals surface area contributed by atoms with Gasteiger partial charge in [0, 0.05) is 18.5 Å². The molecule has 0 radical (unpaired) electrons. The number of ether oxygens (including phenoxy) is 2. The number of thiocarbonyl (C=S) groups is 1. The standard InChI is InChI=1S/C26H22N4O4S/c31-24-23-20-11-17(13-28(20)25(35)27-12-15-8-9-21-22(10-15)34-14-33-21)29(23)26(32)30(24)19-7-3-5-16-4-1-2-6-18(16)19/h1-10,17,20,31H,11-14H2,(H,27,35)/t17-,20-/m0/s1. The summed E-state index contributed by atoms with van der Waals surface area (Å²) in [6, 6.07) is 19.3. The summed E-state index contributed by atoms with van der Waals surface area (Å²) < 4.78 is 14.0. The molecule has 0 saturated carbocycles. The molecule has 3 aliphatic rings. The van der Waals surface area contributed by atoms with E-state index in [9.17, 15) is 9.90 Å². The third-order valence-corrected chi connectivity index (χ3v) is 7.59. The smallest absolute Gasteiger partial charge is 0.336 e. The van der Waals surface area contributed by atoms with Crippen LogP contribution in [0.1, 0.15) is 29.8 Å². The van der Waals surface area contributed by atoms with E-state index in [1.807, 2.05) is 60.7 Å². The number of fused-ring (bicyclic) bond motifs is 7. The summed E-state index contributed by atoms with van der Waals surface area (Å²) in [5.41, 5.74) is 2.14. The first-order chi connectivity index (χ1) is 17.1. The van der Waals surface area contributed by atoms with E-state index in [1.165, 1.54) is 4.57 Å². The summed E-state index contributed by atoms with van der Waals surface area (Å²) in [4.78, 5) is 15.6. The summed E-state index contributed by atoms with van der Waals surface area (Å²) >= 11 is 5.73. The summed E-state index contributed by atoms with van der Waals surface area (Å²) in [5, 5.41) is 17.2. The van der Waals surface area contributed by atoms with E-state index < -0.39 is 0 Å². The molecular weight excluding hydrogens is 464 g/mol. The fourth-order valence-electron chi connectivity index (χ4n) is 5.62. The number of benzene rings is 3. The summed E-state index contributed by atoms with van der Waals surface area (Å²) in [6.45, 7) is 1.41. The lowest BCUT2D eigenvalue weighted by Crippen LogP contribution is -2.42. The van der Waals surface area contributed by atoms with E-state index in [-0.39, 0.29) is 30.4 Å². The van der Waals surface area contributed by atoms with Gasteiger partial charge < -0.3 is 24.8 Å². The number of nitrogens with zero attached hydrogens (tertiary/aromatic N) is 3. The van der Waals surface area contributed by atoms with Crippen molar-refractivity contribution in [2.75, 3.05) is 13.3 Å². The van der Waals surface area contributed by atoms with E-state index >= 15 is 0 Å². The Labute approximate surface area is 205 Å². The molecule has 7 rings (SSSR count). The van der Waals surface area contributed by atoms with Crippen LogP contribution in [0.25, 0.3) is 16.5 Å². The molecule has 0 amide bonds. The summed E-state index contributed by atoms with van der Waals surface area (Å²) in [6.07, 6.45) is 0.750. The molecule has 0 spiro atoms. The first-order valence-electron chi connectivity index (χ1n) is 11.6. The second-order valence-electron chi connectivity index (χ2n) is 9.10. The normalized spacial score (nSPS) is 19.4. The predicted molar refractivity (Wildman–Crippen MR) is 134 cm³/mol. The molecule has 2 atom stereocenters. The van der Waals surface area contributed by atoms with Gasteiger partial charge in [-0.05, 0) is 47.8 Å². The molecule has 0 unspecified atom stereocenters. The molecule has 3 aromatic carbocycles. The van der Waals surface area contributed by atoms with Gasteiger partial charge in [-0.15, -0.1) is 0 Å². The molecule has 35 heavy (non-hydrogen) atoms. The van der Waals surface area contributed by atoms with Crippen LogP contribution in [0, 0.1) is 0 Å². The van der Waals surface area contributed by atoms with E-state index in [4.69, 9.17) is 21.7 Å². The lowest BCUT2D eigenvalue weighted by Gasteiger charge is -2.30. The van der Waals surface area contributed by atoms with E-state index in [0.717, 1.165) is 34.3 Å². The van der Waals surface area contributed by atoms with Crippen LogP contribution >= 0.6 is 12.2 Å². The second-order valence-corrected chi connectivity index (χ2v) is 9.49. The van der Waals surface area contributed by atoms with Gasteiger partial charge in [0.15, 0.2) is 16.6 Å². The molecule has 8 nitrogen and oxygen atoms in total. The minimum Gasteiger partial charge on any atom is -0.493 e. The van der Waals surface area contributed by atoms with Crippen LogP contribution < -0.4 is 20.5 Å². The molecular formula is C26H22N4O4S. The highest BCUT2D eigenvalue weighted by molar-refractivity contribution is 7.80. The SMILES string of the molecule is O=c1n(-c2cccc3ccccc23)c(O)c2n1[C@H]1C[C@@H]2N(C(=S)NCc2ccc3c(c2)OCO3)C1. The van der Waals surface area contributed by atoms with Gasteiger partial charge in [-0.25, -0.2) is 9.36 Å². The van der Waals surface area contributed by atoms with Gasteiger partial charge in [-0.1, -0.05) is 42.5 Å². The van der Waals surface area contributed by atoms with Gasteiger partial charge in [0.2, 0.25) is 12.7 Å². The highest BCUT2D eigenvalue weighted by Gasteiger charge is 2.48. The minimum atomic E-state index is -0.208. The lowest BCUT2D eigenvalue weighted by molar-refractivity contribution is 0.174. The molecule has 4 heterocycles. The number of imidazole rings is 1. The van der Waals surface area contributed by atoms with Gasteiger partial charge in [0.05, 0.1) is 17.8 Å². The zero-order valence-corrected chi connectivity index (χ0v) is 19.5. The van der Waals surface area contributed by atoms with E-state index in [0.29, 0.717) is 29.6 Å². The maximum absolute atomic E-state index is 13.5. The number of rotatable bonds is 3. The van der Waals surface area contributed by atoms with Gasteiger partial charge in [-0.2, -0.15) is 0 Å². The highest BCUT2D eigenvalue weighted by atomic mass is 32.1. The third kappa shape index (κ3) is 2.97. The minimum absolute atomic E-state index is 0.0119. The van der Waals surface area contributed by atoms with Crippen molar-refractivity contribution in [3.63, 3.8) is 0 Å². The maximum Gasteiger partial charge on any atom is 0.336 e. The molecule has 176 valence electrons. The molecule has 2 N–H and O–H groups in total. The van der Waals surface area contributed by atoms with Crippen LogP contribution in [-0.4, -0.2) is 37.6 Å². The van der Waals surface area contributed by atoms with Crippen molar-refractivity contribution in [1.29, 1.82) is 0 Å². The molecule has 0 aliphatic carbocycles. The fourth-order valence-corrected chi connectivity index (χ4v) is 5.90. The lowest BCUT2D eigenvalue weighted by atomic mass is 10.1. The first-order valence-corrected chi connectivity index (χ1v) is 12.0. The topological polar surface area (TPSA) is 80.9 Å². The summed E-state index contributed by atoms with van der Waals surface area (Å²) in [7, 11) is 0. The number of hydrogen-bond donors (Lipinski definition) is 2. The monoisotopic (exact) mass is 486 g/mol. The predicted octanol–water partition coefficient (Wildman–Crippen LogP) is 3.60. The van der Waals surface area contributed by atoms with E-state index in [1.54, 1.807) is 4.57 Å². The van der Waals surface area contributed by atoms with Crippen molar-refractivity contribution < 1.29 is 14.6 Å². The van der Waals surface area contributed by atoms with E-state index in [2.05, 4.69) is 10.2 Å². The summed E-state index contributed by atoms with van der Waals surface area (Å²) in [5.74, 6) is 1.47. The Morgan fingerprint density at radius 1 is 1.09 bits per heavy atom. The molecule has 2 bridgehead atoms. The van der Waals surface area contributed by atoms with Crippen molar-refractivity contribution >= 4 is 28.1 Å². The number of aromatic nitrogens is 2. The van der Waals surface area contributed by atoms with Gasteiger partial charge in [0.1, 0.15) is 5.69 Å². The van der Waals surface area contributed by atoms with Crippen molar-refractivity contribution in [3.05, 3.63) is 82.4 Å². The van der Waals surface area contributed by atoms with Gasteiger partial charge >= 0.3 is 5.69 Å². The molecule has 3 aliphatic heterocycles. The average Bonchev–Trinajstić information content (AvgIpc) is 3.65. The van der Waals surface area contributed by atoms with Crippen molar-refractivity contribution in [3.8, 4) is 23.1 Å². The zero-order valence-electron chi connectivity index (χ0n) is 18.7. The number of aromatic hydroxyl groups is 1. The number of hydrogen-bond acceptors (Lipinski definition) is 5. The van der Waals surface area contributed by atoms with Crippen LogP contribution in [0.4, 0.5) is 0 Å². The molecule has 1 saturated heterocycles. The van der Waals surface area contributed by atoms with Crippen molar-refractivity contribution in [2.45, 2.75) is 25.0 Å². The zero-order chi connectivity index (χ0) is 23.7. The van der Waals surface area contributed by atoms with Crippen LogP contribution in [0.2, 0.25) is 0 Å². The van der Waals surface area contributed by atoms with Crippen LogP contribution in [0.5, 0.6) is 17.4 Å². The maximum atomic E-state index is 13.5. The van der Waals surface area contributed by atoms with Crippen LogP contribution in [0.3, 0.4) is 0 Å². The molecule has 9 heteroatoms. The molecule has 1 aromatic heterocycles. The van der Waals surface area contributed by atoms with Crippen molar-refractivity contribution in [1.82, 2.24) is 19.4 Å². The molecule has 4 aromatic rings. The van der Waals surface area contributed by atoms with Crippen molar-refractivity contribution in [2.24, 2.45) is 0 Å². The second kappa shape index (κ2) is 7.51. The Kier molecular flexibility index (Phi) is 4.38. The Morgan fingerprint density at radius 2 is 1.91 bits per heavy atom. The Hall–Kier alpha value is -3.98. The Bertz CT molecular complexity index is 1570. The van der Waals surface area contributed by atoms with Crippen LogP contribution in [-0.2, 0) is 6.54 Å². The largest absolute Gasteiger partial charge is 0.493 e. The Balaban J connectivity index is 1.18. The Morgan fingerprint density at radius 3 is 2.83 bits per heavy atom. The fraction of sp³-hybridized carbons (Fsp3) is 0.231. The highest BCUT2D eigenvalue weighted by Crippen LogP contribution is 2.48.